The first-order valence-electron chi connectivity index (χ1n) is 10.1. The van der Waals surface area contributed by atoms with Crippen molar-refractivity contribution in [2.45, 2.75) is 0 Å². The smallest absolute Gasteiger partial charge is 0.268 e. The summed E-state index contributed by atoms with van der Waals surface area (Å²) in [4.78, 5) is 19.4. The summed E-state index contributed by atoms with van der Waals surface area (Å²) in [6, 6.07) is 30.6. The third-order valence-electron chi connectivity index (χ3n) is 5.96. The molecule has 0 radical (unpaired) electrons. The molecule has 0 aliphatic carbocycles. The topological polar surface area (TPSA) is 39.3 Å². The molecule has 0 aliphatic rings. The Morgan fingerprint density at radius 1 is 0.710 bits per heavy atom. The zero-order chi connectivity index (χ0) is 20.5. The number of hydrogen-bond donors (Lipinski definition) is 0. The minimum Gasteiger partial charge on any atom is -0.308 e. The van der Waals surface area contributed by atoms with Gasteiger partial charge in [-0.1, -0.05) is 65.9 Å². The summed E-state index contributed by atoms with van der Waals surface area (Å²) >= 11 is 1.56. The summed E-state index contributed by atoms with van der Waals surface area (Å²) in [6.07, 6.45) is 0. The zero-order valence-corrected chi connectivity index (χ0v) is 17.1. The summed E-state index contributed by atoms with van der Waals surface area (Å²) < 4.78 is 4.92. The molecule has 4 nitrogen and oxygen atoms in total. The molecule has 3 aromatic heterocycles. The Morgan fingerprint density at radius 3 is 2.32 bits per heavy atom. The molecule has 5 heteroatoms. The van der Waals surface area contributed by atoms with Crippen LogP contribution in [0.2, 0.25) is 0 Å². The van der Waals surface area contributed by atoms with E-state index in [9.17, 15) is 4.79 Å². The minimum atomic E-state index is -0.0250. The summed E-state index contributed by atoms with van der Waals surface area (Å²) in [7, 11) is 0. The molecular weight excluding hydrogens is 402 g/mol. The van der Waals surface area contributed by atoms with Gasteiger partial charge in [0.25, 0.3) is 5.56 Å². The number of fused-ring (bicyclic) bond motifs is 8. The van der Waals surface area contributed by atoms with Gasteiger partial charge in [-0.05, 0) is 36.4 Å². The second-order valence-electron chi connectivity index (χ2n) is 7.65. The number of benzene rings is 4. The van der Waals surface area contributed by atoms with Crippen LogP contribution in [-0.2, 0) is 0 Å². The highest BCUT2D eigenvalue weighted by Gasteiger charge is 2.19. The van der Waals surface area contributed by atoms with Crippen LogP contribution in [0.15, 0.2) is 95.8 Å². The standard InChI is InChI=1S/C26H15N3OS/c30-25-23-22(31-26-27-19-11-5-7-13-21(19)29(25)26)15-14-18-17-10-4-6-12-20(17)28(24(18)23)16-8-2-1-3-9-16/h1-15H. The van der Waals surface area contributed by atoms with Gasteiger partial charge in [0.15, 0.2) is 4.96 Å². The lowest BCUT2D eigenvalue weighted by Gasteiger charge is -2.09. The number of para-hydroxylation sites is 4. The third-order valence-corrected chi connectivity index (χ3v) is 6.98. The molecule has 0 atom stereocenters. The van der Waals surface area contributed by atoms with Crippen LogP contribution in [0.4, 0.5) is 0 Å². The van der Waals surface area contributed by atoms with E-state index in [0.717, 1.165) is 53.6 Å². The molecule has 3 heterocycles. The van der Waals surface area contributed by atoms with Crippen molar-refractivity contribution in [1.82, 2.24) is 14.0 Å². The molecular formula is C26H15N3OS. The number of hydrogen-bond acceptors (Lipinski definition) is 3. The van der Waals surface area contributed by atoms with E-state index < -0.39 is 0 Å². The molecule has 31 heavy (non-hydrogen) atoms. The number of aromatic nitrogens is 3. The first-order chi connectivity index (χ1) is 15.3. The maximum absolute atomic E-state index is 14.0. The van der Waals surface area contributed by atoms with Crippen molar-refractivity contribution in [1.29, 1.82) is 0 Å². The van der Waals surface area contributed by atoms with Crippen molar-refractivity contribution in [3.05, 3.63) is 101 Å². The quantitative estimate of drug-likeness (QED) is 0.321. The highest BCUT2D eigenvalue weighted by atomic mass is 32.1. The molecule has 0 saturated heterocycles. The molecule has 0 spiro atoms. The van der Waals surface area contributed by atoms with Gasteiger partial charge in [-0.15, -0.1) is 0 Å². The molecule has 7 rings (SSSR count). The SMILES string of the molecule is O=c1c2c(ccc3c4ccccc4n(-c4ccccc4)c32)sc2nc3ccccc3n12. The first kappa shape index (κ1) is 16.8. The van der Waals surface area contributed by atoms with Crippen molar-refractivity contribution >= 4 is 59.2 Å². The fraction of sp³-hybridized carbons (Fsp3) is 0. The lowest BCUT2D eigenvalue weighted by atomic mass is 10.1. The van der Waals surface area contributed by atoms with E-state index in [-0.39, 0.29) is 5.56 Å². The monoisotopic (exact) mass is 417 g/mol. The van der Waals surface area contributed by atoms with E-state index in [1.807, 2.05) is 48.5 Å². The largest absolute Gasteiger partial charge is 0.308 e. The van der Waals surface area contributed by atoms with Crippen LogP contribution in [0.1, 0.15) is 0 Å². The van der Waals surface area contributed by atoms with Crippen LogP contribution in [-0.4, -0.2) is 14.0 Å². The van der Waals surface area contributed by atoms with Gasteiger partial charge in [-0.25, -0.2) is 9.38 Å². The fourth-order valence-electron chi connectivity index (χ4n) is 4.65. The molecule has 0 unspecified atom stereocenters. The van der Waals surface area contributed by atoms with Crippen LogP contribution < -0.4 is 5.56 Å². The van der Waals surface area contributed by atoms with Crippen LogP contribution >= 0.6 is 11.3 Å². The summed E-state index contributed by atoms with van der Waals surface area (Å²) in [6.45, 7) is 0. The van der Waals surface area contributed by atoms with Crippen LogP contribution in [0, 0.1) is 0 Å². The summed E-state index contributed by atoms with van der Waals surface area (Å²) in [5, 5.41) is 2.96. The Hall–Kier alpha value is -3.96. The maximum Gasteiger partial charge on any atom is 0.268 e. The summed E-state index contributed by atoms with van der Waals surface area (Å²) in [5.41, 5.74) is 4.75. The van der Waals surface area contributed by atoms with Gasteiger partial charge in [0.05, 0.1) is 27.5 Å². The number of nitrogens with zero attached hydrogens (tertiary/aromatic N) is 3. The van der Waals surface area contributed by atoms with Crippen LogP contribution in [0.3, 0.4) is 0 Å². The van der Waals surface area contributed by atoms with Gasteiger partial charge in [-0.3, -0.25) is 4.79 Å². The first-order valence-corrected chi connectivity index (χ1v) is 10.9. The van der Waals surface area contributed by atoms with Crippen molar-refractivity contribution < 1.29 is 0 Å². The van der Waals surface area contributed by atoms with Gasteiger partial charge < -0.3 is 4.57 Å². The van der Waals surface area contributed by atoms with Crippen LogP contribution in [0.25, 0.3) is 53.6 Å². The molecule has 7 aromatic rings. The molecule has 0 N–H and O–H groups in total. The van der Waals surface area contributed by atoms with Gasteiger partial charge in [0.1, 0.15) is 0 Å². The highest BCUT2D eigenvalue weighted by Crippen LogP contribution is 2.37. The minimum absolute atomic E-state index is 0.0250. The normalized spacial score (nSPS) is 12.0. The van der Waals surface area contributed by atoms with E-state index in [2.05, 4.69) is 47.0 Å². The van der Waals surface area contributed by atoms with Gasteiger partial charge in [0.2, 0.25) is 0 Å². The Morgan fingerprint density at radius 2 is 1.45 bits per heavy atom. The average Bonchev–Trinajstić information content (AvgIpc) is 3.35. The maximum atomic E-state index is 14.0. The molecule has 0 aliphatic heterocycles. The molecule has 146 valence electrons. The second-order valence-corrected chi connectivity index (χ2v) is 8.66. The van der Waals surface area contributed by atoms with E-state index in [1.54, 1.807) is 15.7 Å². The van der Waals surface area contributed by atoms with Gasteiger partial charge in [-0.2, -0.15) is 0 Å². The number of rotatable bonds is 1. The van der Waals surface area contributed by atoms with Crippen LogP contribution in [0.5, 0.6) is 0 Å². The second kappa shape index (κ2) is 6.03. The van der Waals surface area contributed by atoms with Crippen molar-refractivity contribution in [2.24, 2.45) is 0 Å². The van der Waals surface area contributed by atoms with Gasteiger partial charge in [0, 0.05) is 21.2 Å². The van der Waals surface area contributed by atoms with E-state index >= 15 is 0 Å². The molecule has 0 amide bonds. The molecule has 0 saturated carbocycles. The predicted molar refractivity (Wildman–Crippen MR) is 129 cm³/mol. The lowest BCUT2D eigenvalue weighted by Crippen LogP contribution is -2.12. The fourth-order valence-corrected chi connectivity index (χ4v) is 5.69. The lowest BCUT2D eigenvalue weighted by molar-refractivity contribution is 1.17. The Labute approximate surface area is 180 Å². The third kappa shape index (κ3) is 2.18. The average molecular weight is 417 g/mol. The Bertz CT molecular complexity index is 1860. The molecule has 0 fully saturated rings. The highest BCUT2D eigenvalue weighted by molar-refractivity contribution is 7.23. The van der Waals surface area contributed by atoms with E-state index in [4.69, 9.17) is 4.98 Å². The molecule has 4 aromatic carbocycles. The Balaban J connectivity index is 1.80. The van der Waals surface area contributed by atoms with Crippen molar-refractivity contribution in [2.75, 3.05) is 0 Å². The van der Waals surface area contributed by atoms with Gasteiger partial charge >= 0.3 is 0 Å². The van der Waals surface area contributed by atoms with Crippen molar-refractivity contribution in [3.63, 3.8) is 0 Å². The van der Waals surface area contributed by atoms with Crippen molar-refractivity contribution in [3.8, 4) is 5.69 Å². The number of imidazole rings is 1. The predicted octanol–water partition coefficient (Wildman–Crippen LogP) is 6.16. The van der Waals surface area contributed by atoms with E-state index in [1.165, 1.54) is 0 Å². The zero-order valence-electron chi connectivity index (χ0n) is 16.3. The molecule has 0 bridgehead atoms. The van der Waals surface area contributed by atoms with E-state index in [0.29, 0.717) is 0 Å². The Kier molecular flexibility index (Phi) is 3.27. The summed E-state index contributed by atoms with van der Waals surface area (Å²) in [5.74, 6) is 0.